The highest BCUT2D eigenvalue weighted by Gasteiger charge is 2.23. The molecule has 5 nitrogen and oxygen atoms in total. The van der Waals surface area contributed by atoms with Crippen molar-refractivity contribution in [2.75, 3.05) is 0 Å². The van der Waals surface area contributed by atoms with Crippen molar-refractivity contribution in [3.63, 3.8) is 0 Å². The fourth-order valence-corrected chi connectivity index (χ4v) is 2.83. The lowest BCUT2D eigenvalue weighted by Gasteiger charge is -1.97. The van der Waals surface area contributed by atoms with Gasteiger partial charge < -0.3 is 10.4 Å². The monoisotopic (exact) mass is 342 g/mol. The molecule has 2 aromatic carbocycles. The van der Waals surface area contributed by atoms with Gasteiger partial charge in [0.25, 0.3) is 5.91 Å². The number of carboxylic acids is 1. The van der Waals surface area contributed by atoms with E-state index in [1.165, 1.54) is 36.4 Å². The van der Waals surface area contributed by atoms with Gasteiger partial charge in [0, 0.05) is 0 Å². The summed E-state index contributed by atoms with van der Waals surface area (Å²) in [5.41, 5.74) is 1.42. The van der Waals surface area contributed by atoms with E-state index < -0.39 is 5.97 Å². The molecule has 2 N–H and O–H groups in total. The molecule has 1 saturated heterocycles. The SMILES string of the molecule is O=C1NC(=Nc2ccc(F)cc2)S/C1=C\c1ccc(C(=O)O)cc1. The minimum absolute atomic E-state index is 0.180. The molecule has 1 fully saturated rings. The van der Waals surface area contributed by atoms with Crippen LogP contribution in [0.5, 0.6) is 0 Å². The summed E-state index contributed by atoms with van der Waals surface area (Å²) in [6, 6.07) is 11.8. The summed E-state index contributed by atoms with van der Waals surface area (Å²) < 4.78 is 12.9. The molecule has 1 heterocycles. The van der Waals surface area contributed by atoms with Crippen molar-refractivity contribution in [3.8, 4) is 0 Å². The molecule has 0 atom stereocenters. The first-order valence-corrected chi connectivity index (χ1v) is 7.71. The Morgan fingerprint density at radius 1 is 1.12 bits per heavy atom. The number of thioether (sulfide) groups is 1. The predicted octanol–water partition coefficient (Wildman–Crippen LogP) is 3.42. The van der Waals surface area contributed by atoms with Gasteiger partial charge in [-0.3, -0.25) is 4.79 Å². The summed E-state index contributed by atoms with van der Waals surface area (Å²) in [6.45, 7) is 0. The van der Waals surface area contributed by atoms with Crippen molar-refractivity contribution in [3.05, 3.63) is 70.4 Å². The number of halogens is 1. The first-order valence-electron chi connectivity index (χ1n) is 6.90. The van der Waals surface area contributed by atoms with Gasteiger partial charge in [-0.2, -0.15) is 0 Å². The zero-order chi connectivity index (χ0) is 17.1. The Morgan fingerprint density at radius 3 is 2.42 bits per heavy atom. The zero-order valence-corrected chi connectivity index (χ0v) is 13.0. The molecule has 2 aromatic rings. The van der Waals surface area contributed by atoms with Crippen LogP contribution in [0.25, 0.3) is 6.08 Å². The number of hydrogen-bond acceptors (Lipinski definition) is 4. The third-order valence-corrected chi connectivity index (χ3v) is 4.07. The summed E-state index contributed by atoms with van der Waals surface area (Å²) in [5, 5.41) is 11.9. The Bertz CT molecular complexity index is 858. The second kappa shape index (κ2) is 6.67. The fourth-order valence-electron chi connectivity index (χ4n) is 1.99. The lowest BCUT2D eigenvalue weighted by atomic mass is 10.1. The number of nitrogens with zero attached hydrogens (tertiary/aromatic N) is 1. The molecule has 24 heavy (non-hydrogen) atoms. The molecule has 0 bridgehead atoms. The topological polar surface area (TPSA) is 78.8 Å². The van der Waals surface area contributed by atoms with Crippen molar-refractivity contribution in [2.45, 2.75) is 0 Å². The molecular formula is C17H11FN2O3S. The molecule has 0 aliphatic carbocycles. The first kappa shape index (κ1) is 15.9. The molecule has 1 amide bonds. The lowest BCUT2D eigenvalue weighted by Crippen LogP contribution is -2.19. The number of amides is 1. The normalized spacial score (nSPS) is 17.3. The molecule has 3 rings (SSSR count). The second-order valence-electron chi connectivity index (χ2n) is 4.89. The predicted molar refractivity (Wildman–Crippen MR) is 90.6 cm³/mol. The minimum atomic E-state index is -1.00. The van der Waals surface area contributed by atoms with Crippen molar-refractivity contribution in [1.82, 2.24) is 5.32 Å². The van der Waals surface area contributed by atoms with Crippen LogP contribution in [-0.4, -0.2) is 22.2 Å². The minimum Gasteiger partial charge on any atom is -0.478 e. The maximum atomic E-state index is 12.9. The first-order chi connectivity index (χ1) is 11.5. The van der Waals surface area contributed by atoms with Crippen LogP contribution < -0.4 is 5.32 Å². The van der Waals surface area contributed by atoms with Gasteiger partial charge in [-0.05, 0) is 59.8 Å². The second-order valence-corrected chi connectivity index (χ2v) is 5.92. The van der Waals surface area contributed by atoms with Crippen molar-refractivity contribution >= 4 is 40.6 Å². The number of aliphatic imine (C=N–C) groups is 1. The van der Waals surface area contributed by atoms with Gasteiger partial charge >= 0.3 is 5.97 Å². The van der Waals surface area contributed by atoms with Crippen LogP contribution in [0.15, 0.2) is 58.4 Å². The van der Waals surface area contributed by atoms with E-state index in [1.807, 2.05) is 0 Å². The molecule has 0 aromatic heterocycles. The summed E-state index contributed by atoms with van der Waals surface area (Å²) in [6.07, 6.45) is 1.65. The highest BCUT2D eigenvalue weighted by molar-refractivity contribution is 8.18. The van der Waals surface area contributed by atoms with E-state index in [1.54, 1.807) is 18.2 Å². The highest BCUT2D eigenvalue weighted by Crippen LogP contribution is 2.28. The van der Waals surface area contributed by atoms with E-state index in [9.17, 15) is 14.0 Å². The molecule has 0 saturated carbocycles. The molecule has 0 unspecified atom stereocenters. The van der Waals surface area contributed by atoms with Crippen molar-refractivity contribution in [2.24, 2.45) is 4.99 Å². The summed E-state index contributed by atoms with van der Waals surface area (Å²) in [5.74, 6) is -1.65. The maximum absolute atomic E-state index is 12.9. The third kappa shape index (κ3) is 3.69. The van der Waals surface area contributed by atoms with Crippen LogP contribution in [0.2, 0.25) is 0 Å². The van der Waals surface area contributed by atoms with Crippen LogP contribution in [0.3, 0.4) is 0 Å². The number of aromatic carboxylic acids is 1. The van der Waals surface area contributed by atoms with Gasteiger partial charge in [-0.1, -0.05) is 12.1 Å². The van der Waals surface area contributed by atoms with Gasteiger partial charge in [0.15, 0.2) is 5.17 Å². The molecular weight excluding hydrogens is 331 g/mol. The largest absolute Gasteiger partial charge is 0.478 e. The van der Waals surface area contributed by atoms with Crippen LogP contribution in [0.1, 0.15) is 15.9 Å². The number of carboxylic acid groups (broad SMARTS) is 1. The van der Waals surface area contributed by atoms with Crippen LogP contribution >= 0.6 is 11.8 Å². The van der Waals surface area contributed by atoms with Crippen LogP contribution in [-0.2, 0) is 4.79 Å². The van der Waals surface area contributed by atoms with Gasteiger partial charge in [-0.25, -0.2) is 14.2 Å². The summed E-state index contributed by atoms with van der Waals surface area (Å²) in [4.78, 5) is 27.5. The standard InChI is InChI=1S/C17H11FN2O3S/c18-12-5-7-13(8-6-12)19-17-20-15(21)14(24-17)9-10-1-3-11(4-2-10)16(22)23/h1-9H,(H,22,23)(H,19,20,21)/b14-9-. The lowest BCUT2D eigenvalue weighted by molar-refractivity contribution is -0.115. The quantitative estimate of drug-likeness (QED) is 0.838. The molecule has 0 spiro atoms. The number of hydrogen-bond donors (Lipinski definition) is 2. The van der Waals surface area contributed by atoms with Crippen LogP contribution in [0, 0.1) is 5.82 Å². The number of nitrogens with one attached hydrogen (secondary N) is 1. The Balaban J connectivity index is 1.79. The summed E-state index contributed by atoms with van der Waals surface area (Å²) >= 11 is 1.16. The van der Waals surface area contributed by atoms with E-state index in [-0.39, 0.29) is 17.3 Å². The maximum Gasteiger partial charge on any atom is 0.335 e. The highest BCUT2D eigenvalue weighted by atomic mass is 32.2. The van der Waals surface area contributed by atoms with Gasteiger partial charge in [0.05, 0.1) is 16.2 Å². The van der Waals surface area contributed by atoms with E-state index >= 15 is 0 Å². The van der Waals surface area contributed by atoms with Gasteiger partial charge in [-0.15, -0.1) is 0 Å². The zero-order valence-electron chi connectivity index (χ0n) is 12.2. The number of carbonyl (C=O) groups excluding carboxylic acids is 1. The average Bonchev–Trinajstić information content (AvgIpc) is 2.89. The van der Waals surface area contributed by atoms with Crippen LogP contribution in [0.4, 0.5) is 10.1 Å². The van der Waals surface area contributed by atoms with Gasteiger partial charge in [0.1, 0.15) is 5.82 Å². The van der Waals surface area contributed by atoms with E-state index in [0.717, 1.165) is 11.8 Å². The van der Waals surface area contributed by atoms with Crippen molar-refractivity contribution < 1.29 is 19.1 Å². The molecule has 1 aliphatic heterocycles. The molecule has 120 valence electrons. The Labute approximate surface area is 140 Å². The Kier molecular flexibility index (Phi) is 4.43. The fraction of sp³-hybridized carbons (Fsp3) is 0. The van der Waals surface area contributed by atoms with E-state index in [0.29, 0.717) is 21.3 Å². The Hall–Kier alpha value is -2.93. The summed E-state index contributed by atoms with van der Waals surface area (Å²) in [7, 11) is 0. The molecule has 1 aliphatic rings. The smallest absolute Gasteiger partial charge is 0.335 e. The number of amidine groups is 1. The number of carbonyl (C=O) groups is 2. The molecule has 0 radical (unpaired) electrons. The van der Waals surface area contributed by atoms with Crippen molar-refractivity contribution in [1.29, 1.82) is 0 Å². The average molecular weight is 342 g/mol. The molecule has 7 heteroatoms. The van der Waals surface area contributed by atoms with Gasteiger partial charge in [0.2, 0.25) is 0 Å². The van der Waals surface area contributed by atoms with E-state index in [2.05, 4.69) is 10.3 Å². The Morgan fingerprint density at radius 2 is 1.79 bits per heavy atom. The number of rotatable bonds is 3. The third-order valence-electron chi connectivity index (χ3n) is 3.16. The number of benzene rings is 2. The van der Waals surface area contributed by atoms with E-state index in [4.69, 9.17) is 5.11 Å².